The first kappa shape index (κ1) is 17.9. The lowest BCUT2D eigenvalue weighted by atomic mass is 10.2. The van der Waals surface area contributed by atoms with Gasteiger partial charge in [-0.3, -0.25) is 5.43 Å². The van der Waals surface area contributed by atoms with Crippen LogP contribution >= 0.6 is 11.3 Å². The maximum Gasteiger partial charge on any atom is 0.209 e. The van der Waals surface area contributed by atoms with Crippen LogP contribution in [-0.2, 0) is 0 Å². The van der Waals surface area contributed by atoms with E-state index >= 15 is 0 Å². The van der Waals surface area contributed by atoms with E-state index in [1.807, 2.05) is 59.3 Å². The van der Waals surface area contributed by atoms with Gasteiger partial charge in [-0.1, -0.05) is 49.0 Å². The smallest absolute Gasteiger partial charge is 0.209 e. The summed E-state index contributed by atoms with van der Waals surface area (Å²) < 4.78 is 12.8. The number of nitrogens with one attached hydrogen (secondary N) is 1. The van der Waals surface area contributed by atoms with Crippen molar-refractivity contribution in [2.24, 2.45) is 4.99 Å². The zero-order chi connectivity index (χ0) is 19.3. The van der Waals surface area contributed by atoms with E-state index in [1.54, 1.807) is 13.4 Å². The summed E-state index contributed by atoms with van der Waals surface area (Å²) in [5, 5.41) is 2.06. The molecule has 0 aliphatic rings. The first-order valence-electron chi connectivity index (χ1n) is 8.70. The Bertz CT molecular complexity index is 1140. The maximum absolute atomic E-state index is 5.46. The minimum absolute atomic E-state index is 0.641. The van der Waals surface area contributed by atoms with Crippen molar-refractivity contribution < 1.29 is 9.15 Å². The van der Waals surface area contributed by atoms with Gasteiger partial charge in [0.2, 0.25) is 4.80 Å². The molecule has 1 N–H and O–H groups in total. The summed E-state index contributed by atoms with van der Waals surface area (Å²) in [6.07, 6.45) is 1.62. The van der Waals surface area contributed by atoms with Crippen LogP contribution in [0.4, 0.5) is 5.69 Å². The molecule has 0 aliphatic heterocycles. The van der Waals surface area contributed by atoms with Gasteiger partial charge in [-0.25, -0.2) is 9.67 Å². The van der Waals surface area contributed by atoms with Crippen LogP contribution in [0.3, 0.4) is 0 Å². The van der Waals surface area contributed by atoms with Crippen molar-refractivity contribution in [1.29, 1.82) is 0 Å². The number of para-hydroxylation sites is 2. The van der Waals surface area contributed by atoms with Gasteiger partial charge in [0, 0.05) is 10.9 Å². The second-order valence-corrected chi connectivity index (χ2v) is 6.79. The summed E-state index contributed by atoms with van der Waals surface area (Å²) in [4.78, 5) is 5.57. The number of ether oxygens (including phenoxy) is 1. The van der Waals surface area contributed by atoms with Gasteiger partial charge in [0.05, 0.1) is 24.8 Å². The van der Waals surface area contributed by atoms with Crippen molar-refractivity contribution in [3.63, 3.8) is 0 Å². The van der Waals surface area contributed by atoms with Crippen LogP contribution in [0.1, 0.15) is 5.76 Å². The van der Waals surface area contributed by atoms with E-state index in [9.17, 15) is 0 Å². The van der Waals surface area contributed by atoms with Crippen LogP contribution in [0.15, 0.2) is 94.4 Å². The van der Waals surface area contributed by atoms with E-state index in [4.69, 9.17) is 14.1 Å². The summed E-state index contributed by atoms with van der Waals surface area (Å²) in [5.74, 6) is 1.38. The van der Waals surface area contributed by atoms with Gasteiger partial charge in [-0.2, -0.15) is 0 Å². The van der Waals surface area contributed by atoms with Crippen molar-refractivity contribution in [1.82, 2.24) is 4.68 Å². The second kappa shape index (κ2) is 8.02. The monoisotopic (exact) mass is 389 g/mol. The summed E-state index contributed by atoms with van der Waals surface area (Å²) >= 11 is 1.53. The largest absolute Gasteiger partial charge is 0.494 e. The molecule has 0 atom stereocenters. The molecule has 0 bridgehead atoms. The number of rotatable bonds is 6. The fourth-order valence-electron chi connectivity index (χ4n) is 2.77. The number of furan rings is 1. The average molecular weight is 389 g/mol. The van der Waals surface area contributed by atoms with E-state index < -0.39 is 0 Å². The minimum atomic E-state index is 0.641. The van der Waals surface area contributed by atoms with E-state index in [0.717, 1.165) is 21.7 Å². The highest BCUT2D eigenvalue weighted by molar-refractivity contribution is 7.07. The molecule has 0 radical (unpaired) electrons. The third kappa shape index (κ3) is 3.63. The molecule has 2 heterocycles. The van der Waals surface area contributed by atoms with Crippen molar-refractivity contribution in [2.75, 3.05) is 12.5 Å². The lowest BCUT2D eigenvalue weighted by molar-refractivity contribution is 0.416. The molecular formula is C22H19N3O2S. The van der Waals surface area contributed by atoms with Gasteiger partial charge < -0.3 is 9.15 Å². The number of thiazole rings is 1. The zero-order valence-electron chi connectivity index (χ0n) is 15.3. The predicted octanol–water partition coefficient (Wildman–Crippen LogP) is 5.27. The highest BCUT2D eigenvalue weighted by Crippen LogP contribution is 2.27. The Morgan fingerprint density at radius 1 is 1.07 bits per heavy atom. The van der Waals surface area contributed by atoms with Crippen LogP contribution in [0.5, 0.6) is 5.75 Å². The Kier molecular flexibility index (Phi) is 5.12. The van der Waals surface area contributed by atoms with Crippen LogP contribution in [0.25, 0.3) is 17.0 Å². The predicted molar refractivity (Wildman–Crippen MR) is 113 cm³/mol. The van der Waals surface area contributed by atoms with Crippen LogP contribution in [0, 0.1) is 0 Å². The Morgan fingerprint density at radius 2 is 1.86 bits per heavy atom. The molecular weight excluding hydrogens is 370 g/mol. The molecule has 0 amide bonds. The fraction of sp³-hybridized carbons (Fsp3) is 0.0455. The highest BCUT2D eigenvalue weighted by atomic mass is 32.1. The molecule has 0 fully saturated rings. The van der Waals surface area contributed by atoms with Gasteiger partial charge >= 0.3 is 0 Å². The molecule has 28 heavy (non-hydrogen) atoms. The lowest BCUT2D eigenvalue weighted by Gasteiger charge is -2.13. The van der Waals surface area contributed by atoms with Crippen molar-refractivity contribution in [3.05, 3.63) is 95.5 Å². The van der Waals surface area contributed by atoms with Gasteiger partial charge in [0.15, 0.2) is 5.76 Å². The minimum Gasteiger partial charge on any atom is -0.494 e. The zero-order valence-corrected chi connectivity index (χ0v) is 16.1. The standard InChI is InChI=1S/C22H19N3O2S/c1-16(20-13-8-14-27-20)24-25-19(17-9-4-3-5-10-17)15-28-22(25)23-18-11-6-7-12-21(18)26-2/h3-15,24H,1H2,2H3. The average Bonchev–Trinajstić information content (AvgIpc) is 3.40. The van der Waals surface area contributed by atoms with Crippen LogP contribution < -0.4 is 15.0 Å². The quantitative estimate of drug-likeness (QED) is 0.489. The third-order valence-electron chi connectivity index (χ3n) is 4.14. The summed E-state index contributed by atoms with van der Waals surface area (Å²) in [6, 6.07) is 21.5. The number of aromatic nitrogens is 1. The Morgan fingerprint density at radius 3 is 2.61 bits per heavy atom. The normalized spacial score (nSPS) is 11.4. The molecule has 2 aromatic heterocycles. The third-order valence-corrected chi connectivity index (χ3v) is 4.97. The number of hydrogen-bond acceptors (Lipinski definition) is 5. The molecule has 0 aliphatic carbocycles. The summed E-state index contributed by atoms with van der Waals surface area (Å²) in [6.45, 7) is 4.10. The molecule has 0 spiro atoms. The van der Waals surface area contributed by atoms with Crippen molar-refractivity contribution >= 4 is 22.7 Å². The Balaban J connectivity index is 1.84. The molecule has 6 heteroatoms. The van der Waals surface area contributed by atoms with Gasteiger partial charge in [0.25, 0.3) is 0 Å². The molecule has 5 nitrogen and oxygen atoms in total. The molecule has 0 saturated carbocycles. The topological polar surface area (TPSA) is 51.7 Å². The molecule has 0 saturated heterocycles. The number of benzene rings is 2. The lowest BCUT2D eigenvalue weighted by Crippen LogP contribution is -2.25. The van der Waals surface area contributed by atoms with Crippen LogP contribution in [-0.4, -0.2) is 11.8 Å². The van der Waals surface area contributed by atoms with Crippen molar-refractivity contribution in [2.45, 2.75) is 0 Å². The molecule has 2 aromatic carbocycles. The Labute approximate surface area is 166 Å². The van der Waals surface area contributed by atoms with E-state index in [-0.39, 0.29) is 0 Å². The SMILES string of the molecule is C=C(Nn1c(-c2ccccc2)csc1=Nc1ccccc1OC)c1ccco1. The van der Waals surface area contributed by atoms with Gasteiger partial charge in [0.1, 0.15) is 11.4 Å². The van der Waals surface area contributed by atoms with E-state index in [1.165, 1.54) is 11.3 Å². The first-order chi connectivity index (χ1) is 13.8. The molecule has 0 unspecified atom stereocenters. The number of nitrogens with zero attached hydrogens (tertiary/aromatic N) is 2. The Hall–Kier alpha value is -3.51. The number of methoxy groups -OCH3 is 1. The fourth-order valence-corrected chi connectivity index (χ4v) is 3.63. The number of hydrogen-bond donors (Lipinski definition) is 1. The van der Waals surface area contributed by atoms with Gasteiger partial charge in [-0.05, 0) is 24.3 Å². The summed E-state index contributed by atoms with van der Waals surface area (Å²) in [5.41, 5.74) is 6.77. The van der Waals surface area contributed by atoms with Gasteiger partial charge in [-0.15, -0.1) is 11.3 Å². The second-order valence-electron chi connectivity index (χ2n) is 5.96. The van der Waals surface area contributed by atoms with E-state index in [2.05, 4.69) is 29.5 Å². The van der Waals surface area contributed by atoms with Crippen molar-refractivity contribution in [3.8, 4) is 17.0 Å². The molecule has 4 aromatic rings. The van der Waals surface area contributed by atoms with E-state index in [0.29, 0.717) is 17.2 Å². The molecule has 140 valence electrons. The first-order valence-corrected chi connectivity index (χ1v) is 9.58. The summed E-state index contributed by atoms with van der Waals surface area (Å²) in [7, 11) is 1.64. The molecule has 4 rings (SSSR count). The van der Waals surface area contributed by atoms with Crippen LogP contribution in [0.2, 0.25) is 0 Å². The highest BCUT2D eigenvalue weighted by Gasteiger charge is 2.11. The maximum atomic E-state index is 5.46.